The standard InChI is InChI=1S/C27H41F5O3/c1-16(4-9-23(34)35-15-26(28,29)27(30,31)32)20-7-8-21-19-6-5-17-14-18(33)10-12-24(17,2)22(19)11-13-25(20,21)3/h16-22,33H,4-15H2,1-3H3/t16-,17-,18-,19+,20-,21+,22+,24+,25-/m1/s1. The molecular weight excluding hydrogens is 467 g/mol. The average molecular weight is 509 g/mol. The van der Waals surface area contributed by atoms with Gasteiger partial charge in [0.05, 0.1) is 6.10 Å². The number of hydrogen-bond donors (Lipinski definition) is 1. The zero-order valence-electron chi connectivity index (χ0n) is 21.2. The summed E-state index contributed by atoms with van der Waals surface area (Å²) in [5.41, 5.74) is 0.487. The molecule has 1 N–H and O–H groups in total. The normalized spacial score (nSPS) is 42.5. The molecule has 0 aliphatic heterocycles. The van der Waals surface area contributed by atoms with E-state index >= 15 is 0 Å². The van der Waals surface area contributed by atoms with Crippen molar-refractivity contribution < 1.29 is 36.6 Å². The molecule has 4 saturated carbocycles. The van der Waals surface area contributed by atoms with E-state index in [4.69, 9.17) is 0 Å². The van der Waals surface area contributed by atoms with Gasteiger partial charge in [0.1, 0.15) is 0 Å². The van der Waals surface area contributed by atoms with Gasteiger partial charge in [-0.05, 0) is 111 Å². The summed E-state index contributed by atoms with van der Waals surface area (Å²) in [6.07, 6.45) is 4.36. The molecule has 0 heterocycles. The molecule has 0 radical (unpaired) electrons. The molecule has 8 heteroatoms. The highest BCUT2D eigenvalue weighted by Crippen LogP contribution is 2.68. The van der Waals surface area contributed by atoms with Crippen molar-refractivity contribution >= 4 is 5.97 Å². The highest BCUT2D eigenvalue weighted by Gasteiger charge is 2.61. The van der Waals surface area contributed by atoms with Crippen molar-refractivity contribution in [2.75, 3.05) is 6.61 Å². The second kappa shape index (κ2) is 9.43. The van der Waals surface area contributed by atoms with Crippen LogP contribution in [0.4, 0.5) is 22.0 Å². The zero-order valence-corrected chi connectivity index (χ0v) is 21.2. The Bertz CT molecular complexity index is 785. The van der Waals surface area contributed by atoms with E-state index in [0.29, 0.717) is 41.4 Å². The summed E-state index contributed by atoms with van der Waals surface area (Å²) in [5, 5.41) is 10.2. The molecule has 4 aliphatic rings. The molecule has 0 aromatic rings. The first kappa shape index (κ1) is 27.1. The van der Waals surface area contributed by atoms with Gasteiger partial charge in [-0.25, -0.2) is 0 Å². The van der Waals surface area contributed by atoms with Gasteiger partial charge < -0.3 is 9.84 Å². The molecule has 4 aliphatic carbocycles. The third kappa shape index (κ3) is 4.86. The van der Waals surface area contributed by atoms with Crippen LogP contribution in [0.2, 0.25) is 0 Å². The van der Waals surface area contributed by atoms with Crippen molar-refractivity contribution in [1.29, 1.82) is 0 Å². The quantitative estimate of drug-likeness (QED) is 0.306. The summed E-state index contributed by atoms with van der Waals surface area (Å²) in [6.45, 7) is 4.99. The van der Waals surface area contributed by atoms with E-state index in [-0.39, 0.29) is 23.9 Å². The lowest BCUT2D eigenvalue weighted by Crippen LogP contribution is -2.54. The fourth-order valence-electron chi connectivity index (χ4n) is 9.08. The van der Waals surface area contributed by atoms with E-state index in [1.807, 2.05) is 0 Å². The summed E-state index contributed by atoms with van der Waals surface area (Å²) in [5.74, 6) is -2.78. The Labute approximate surface area is 205 Å². The smallest absolute Gasteiger partial charge is 0.456 e. The molecular formula is C27H41F5O3. The summed E-state index contributed by atoms with van der Waals surface area (Å²) in [7, 11) is 0. The van der Waals surface area contributed by atoms with Crippen molar-refractivity contribution in [3.05, 3.63) is 0 Å². The maximum atomic E-state index is 13.0. The van der Waals surface area contributed by atoms with Gasteiger partial charge in [0.2, 0.25) is 0 Å². The van der Waals surface area contributed by atoms with Gasteiger partial charge in [0, 0.05) is 6.42 Å². The Morgan fingerprint density at radius 2 is 1.63 bits per heavy atom. The predicted molar refractivity (Wildman–Crippen MR) is 122 cm³/mol. The van der Waals surface area contributed by atoms with E-state index < -0.39 is 24.7 Å². The highest BCUT2D eigenvalue weighted by atomic mass is 19.4. The lowest BCUT2D eigenvalue weighted by Gasteiger charge is -2.61. The van der Waals surface area contributed by atoms with Gasteiger partial charge in [-0.2, -0.15) is 22.0 Å². The van der Waals surface area contributed by atoms with Crippen LogP contribution in [0.1, 0.15) is 91.4 Å². The fourth-order valence-corrected chi connectivity index (χ4v) is 9.08. The van der Waals surface area contributed by atoms with Crippen molar-refractivity contribution in [2.45, 2.75) is 110 Å². The number of halogens is 5. The Morgan fingerprint density at radius 3 is 2.31 bits per heavy atom. The Morgan fingerprint density at radius 1 is 0.971 bits per heavy atom. The van der Waals surface area contributed by atoms with E-state index in [9.17, 15) is 31.9 Å². The first-order chi connectivity index (χ1) is 16.2. The van der Waals surface area contributed by atoms with Crippen LogP contribution >= 0.6 is 0 Å². The molecule has 0 unspecified atom stereocenters. The van der Waals surface area contributed by atoms with Crippen LogP contribution in [-0.4, -0.2) is 35.9 Å². The van der Waals surface area contributed by atoms with Gasteiger partial charge in [-0.3, -0.25) is 4.79 Å². The Kier molecular flexibility index (Phi) is 7.31. The molecule has 202 valence electrons. The Balaban J connectivity index is 1.34. The molecule has 3 nitrogen and oxygen atoms in total. The molecule has 0 bridgehead atoms. The number of hydrogen-bond acceptors (Lipinski definition) is 3. The second-order valence-electron chi connectivity index (χ2n) is 12.7. The summed E-state index contributed by atoms with van der Waals surface area (Å²) < 4.78 is 67.3. The number of rotatable bonds is 6. The number of aliphatic hydroxyl groups is 1. The molecule has 0 aromatic heterocycles. The van der Waals surface area contributed by atoms with Crippen molar-refractivity contribution in [3.8, 4) is 0 Å². The topological polar surface area (TPSA) is 46.5 Å². The molecule has 4 rings (SSSR count). The Hall–Kier alpha value is -0.920. The number of esters is 1. The predicted octanol–water partition coefficient (Wildman–Crippen LogP) is 7.16. The second-order valence-corrected chi connectivity index (χ2v) is 12.7. The van der Waals surface area contributed by atoms with Crippen molar-refractivity contribution in [2.24, 2.45) is 46.3 Å². The summed E-state index contributed by atoms with van der Waals surface area (Å²) >= 11 is 0. The lowest BCUT2D eigenvalue weighted by molar-refractivity contribution is -0.294. The molecule has 0 amide bonds. The average Bonchev–Trinajstić information content (AvgIpc) is 3.13. The molecule has 0 aromatic carbocycles. The minimum absolute atomic E-state index is 0.138. The number of ether oxygens (including phenoxy) is 1. The van der Waals surface area contributed by atoms with Crippen LogP contribution in [0.25, 0.3) is 0 Å². The van der Waals surface area contributed by atoms with Crippen LogP contribution < -0.4 is 0 Å². The molecule has 4 fully saturated rings. The monoisotopic (exact) mass is 508 g/mol. The minimum Gasteiger partial charge on any atom is -0.459 e. The fraction of sp³-hybridized carbons (Fsp3) is 0.963. The largest absolute Gasteiger partial charge is 0.459 e. The third-order valence-corrected chi connectivity index (χ3v) is 11.0. The first-order valence-electron chi connectivity index (χ1n) is 13.5. The van der Waals surface area contributed by atoms with E-state index in [2.05, 4.69) is 25.5 Å². The summed E-state index contributed by atoms with van der Waals surface area (Å²) in [6, 6.07) is 0. The highest BCUT2D eigenvalue weighted by molar-refractivity contribution is 5.69. The number of carbonyl (C=O) groups is 1. The van der Waals surface area contributed by atoms with Crippen molar-refractivity contribution in [3.63, 3.8) is 0 Å². The minimum atomic E-state index is -5.72. The number of carbonyl (C=O) groups excluding carboxylic acids is 1. The molecule has 35 heavy (non-hydrogen) atoms. The summed E-state index contributed by atoms with van der Waals surface area (Å²) in [4.78, 5) is 11.9. The number of fused-ring (bicyclic) bond motifs is 5. The number of alkyl halides is 5. The van der Waals surface area contributed by atoms with E-state index in [0.717, 1.165) is 38.5 Å². The third-order valence-electron chi connectivity index (χ3n) is 11.0. The van der Waals surface area contributed by atoms with Gasteiger partial charge in [-0.15, -0.1) is 0 Å². The van der Waals surface area contributed by atoms with Crippen LogP contribution in [-0.2, 0) is 9.53 Å². The van der Waals surface area contributed by atoms with E-state index in [1.165, 1.54) is 19.3 Å². The van der Waals surface area contributed by atoms with Crippen LogP contribution in [0.5, 0.6) is 0 Å². The molecule has 9 atom stereocenters. The molecule has 0 saturated heterocycles. The zero-order chi connectivity index (χ0) is 25.8. The number of aliphatic hydroxyl groups excluding tert-OH is 1. The van der Waals surface area contributed by atoms with Crippen molar-refractivity contribution in [1.82, 2.24) is 0 Å². The maximum absolute atomic E-state index is 13.0. The first-order valence-corrected chi connectivity index (χ1v) is 13.5. The lowest BCUT2D eigenvalue weighted by atomic mass is 9.44. The van der Waals surface area contributed by atoms with Crippen LogP contribution in [0.3, 0.4) is 0 Å². The van der Waals surface area contributed by atoms with Gasteiger partial charge in [0.25, 0.3) is 0 Å². The van der Waals surface area contributed by atoms with E-state index in [1.54, 1.807) is 0 Å². The maximum Gasteiger partial charge on any atom is 0.456 e. The van der Waals surface area contributed by atoms with Gasteiger partial charge in [0.15, 0.2) is 6.61 Å². The SMILES string of the molecule is C[C@H](CCC(=O)OCC(F)(F)C(F)(F)F)[C@H]1CC[C@H]2[C@@H]3CC[C@@H]4C[C@H](O)CC[C@]4(C)[C@H]3CC[C@]12C. The van der Waals surface area contributed by atoms with Gasteiger partial charge >= 0.3 is 18.1 Å². The van der Waals surface area contributed by atoms with Gasteiger partial charge in [-0.1, -0.05) is 20.8 Å². The van der Waals surface area contributed by atoms with Crippen LogP contribution in [0.15, 0.2) is 0 Å². The molecule has 0 spiro atoms. The van der Waals surface area contributed by atoms with Crippen LogP contribution in [0, 0.1) is 46.3 Å².